The highest BCUT2D eigenvalue weighted by atomic mass is 19.4. The average molecular weight is 558 g/mol. The van der Waals surface area contributed by atoms with Gasteiger partial charge in [0.25, 0.3) is 5.91 Å². The van der Waals surface area contributed by atoms with Crippen molar-refractivity contribution in [1.82, 2.24) is 19.7 Å². The number of aliphatic hydroxyl groups is 1. The fraction of sp³-hybridized carbons (Fsp3) is 0.259. The van der Waals surface area contributed by atoms with Crippen molar-refractivity contribution < 1.29 is 37.0 Å². The highest BCUT2D eigenvalue weighted by Gasteiger charge is 2.57. The number of amides is 2. The molecule has 1 aromatic carbocycles. The molecule has 5 rings (SSSR count). The van der Waals surface area contributed by atoms with Gasteiger partial charge in [-0.25, -0.2) is 14.4 Å². The van der Waals surface area contributed by atoms with E-state index < -0.39 is 47.1 Å². The Bertz CT molecular complexity index is 1650. The molecule has 0 radical (unpaired) electrons. The fourth-order valence-electron chi connectivity index (χ4n) is 4.43. The van der Waals surface area contributed by atoms with Crippen molar-refractivity contribution in [2.24, 2.45) is 5.73 Å². The number of benzene rings is 1. The van der Waals surface area contributed by atoms with Crippen LogP contribution in [0.5, 0.6) is 5.75 Å². The summed E-state index contributed by atoms with van der Waals surface area (Å²) in [5.74, 6) is -2.46. The summed E-state index contributed by atoms with van der Waals surface area (Å²) in [7, 11) is 0. The number of fused-ring (bicyclic) bond motifs is 2. The van der Waals surface area contributed by atoms with Gasteiger partial charge in [0.2, 0.25) is 11.5 Å². The summed E-state index contributed by atoms with van der Waals surface area (Å²) in [5.41, 5.74) is 0.471. The molecule has 0 bridgehead atoms. The summed E-state index contributed by atoms with van der Waals surface area (Å²) in [5, 5.41) is 13.2. The topological polar surface area (TPSA) is 132 Å². The van der Waals surface area contributed by atoms with Crippen LogP contribution in [0.2, 0.25) is 0 Å². The molecular formula is C27H23F4N5O4. The Kier molecular flexibility index (Phi) is 6.29. The van der Waals surface area contributed by atoms with Crippen LogP contribution in [-0.2, 0) is 15.8 Å². The Morgan fingerprint density at radius 3 is 2.52 bits per heavy atom. The monoisotopic (exact) mass is 557 g/mol. The maximum Gasteiger partial charge on any atom is 0.424 e. The molecule has 0 saturated heterocycles. The molecule has 2 amide bonds. The standard InChI is InChI=1S/C27H23F4N5O4/c1-14-7-8-36-11-18(34-20(36)9-14)23(37)33-12-26(39,27(29,30)31)19-10-17-22(40-13-25(17,2)24(32)38)21(35-19)15-3-5-16(28)6-4-15/h3-11,39H,12-13H2,1-2H3,(H2,32,38)(H,33,37)/t25-,26-/m0/s1. The van der Waals surface area contributed by atoms with Crippen molar-refractivity contribution in [1.29, 1.82) is 0 Å². The molecule has 40 heavy (non-hydrogen) atoms. The molecule has 1 aliphatic heterocycles. The number of primary amides is 1. The van der Waals surface area contributed by atoms with Crippen molar-refractivity contribution in [3.8, 4) is 17.0 Å². The Morgan fingerprint density at radius 1 is 1.18 bits per heavy atom. The zero-order chi connectivity index (χ0) is 29.0. The second kappa shape index (κ2) is 9.30. The summed E-state index contributed by atoms with van der Waals surface area (Å²) in [6.45, 7) is 1.59. The molecule has 4 heterocycles. The van der Waals surface area contributed by atoms with Gasteiger partial charge in [0.15, 0.2) is 0 Å². The molecule has 208 valence electrons. The molecule has 0 aliphatic carbocycles. The van der Waals surface area contributed by atoms with E-state index in [0.29, 0.717) is 5.65 Å². The number of hydrogen-bond donors (Lipinski definition) is 3. The van der Waals surface area contributed by atoms with E-state index in [1.165, 1.54) is 29.7 Å². The van der Waals surface area contributed by atoms with Crippen molar-refractivity contribution in [2.45, 2.75) is 31.0 Å². The summed E-state index contributed by atoms with van der Waals surface area (Å²) in [4.78, 5) is 33.3. The van der Waals surface area contributed by atoms with Crippen LogP contribution < -0.4 is 15.8 Å². The second-order valence-corrected chi connectivity index (χ2v) is 9.86. The van der Waals surface area contributed by atoms with E-state index in [1.807, 2.05) is 6.92 Å². The van der Waals surface area contributed by atoms with Crippen LogP contribution in [-0.4, -0.2) is 50.6 Å². The van der Waals surface area contributed by atoms with Crippen LogP contribution in [0.3, 0.4) is 0 Å². The van der Waals surface area contributed by atoms with Crippen molar-refractivity contribution >= 4 is 17.5 Å². The van der Waals surface area contributed by atoms with Crippen molar-refractivity contribution in [3.05, 3.63) is 83.2 Å². The number of aromatic nitrogens is 3. The van der Waals surface area contributed by atoms with E-state index in [4.69, 9.17) is 10.5 Å². The summed E-state index contributed by atoms with van der Waals surface area (Å²) in [6.07, 6.45) is -2.35. The highest BCUT2D eigenvalue weighted by molar-refractivity contribution is 5.93. The molecule has 2 atom stereocenters. The molecule has 4 N–H and O–H groups in total. The first-order valence-electron chi connectivity index (χ1n) is 12.0. The van der Waals surface area contributed by atoms with Gasteiger partial charge in [-0.3, -0.25) is 9.59 Å². The molecule has 1 aliphatic rings. The molecule has 13 heteroatoms. The number of rotatable bonds is 6. The van der Waals surface area contributed by atoms with Crippen LogP contribution in [0.4, 0.5) is 17.6 Å². The molecule has 9 nitrogen and oxygen atoms in total. The fourth-order valence-corrected chi connectivity index (χ4v) is 4.43. The van der Waals surface area contributed by atoms with E-state index in [-0.39, 0.29) is 34.9 Å². The van der Waals surface area contributed by atoms with E-state index in [2.05, 4.69) is 15.3 Å². The summed E-state index contributed by atoms with van der Waals surface area (Å²) < 4.78 is 64.3. The van der Waals surface area contributed by atoms with E-state index in [0.717, 1.165) is 23.8 Å². The van der Waals surface area contributed by atoms with Gasteiger partial charge >= 0.3 is 6.18 Å². The largest absolute Gasteiger partial charge is 0.489 e. The lowest BCUT2D eigenvalue weighted by atomic mass is 9.81. The van der Waals surface area contributed by atoms with Gasteiger partial charge in [-0.1, -0.05) is 0 Å². The number of aryl methyl sites for hydroxylation is 1. The van der Waals surface area contributed by atoms with E-state index >= 15 is 0 Å². The average Bonchev–Trinajstić information content (AvgIpc) is 3.48. The van der Waals surface area contributed by atoms with Crippen LogP contribution in [0.25, 0.3) is 16.9 Å². The number of carbonyl (C=O) groups excluding carboxylic acids is 2. The van der Waals surface area contributed by atoms with Crippen LogP contribution in [0.15, 0.2) is 54.9 Å². The third-order valence-electron chi connectivity index (χ3n) is 6.98. The van der Waals surface area contributed by atoms with Gasteiger partial charge in [0, 0.05) is 23.5 Å². The van der Waals surface area contributed by atoms with E-state index in [1.54, 1.807) is 18.3 Å². The summed E-state index contributed by atoms with van der Waals surface area (Å²) >= 11 is 0. The zero-order valence-electron chi connectivity index (χ0n) is 21.2. The first-order chi connectivity index (χ1) is 18.7. The predicted molar refractivity (Wildman–Crippen MR) is 134 cm³/mol. The first-order valence-corrected chi connectivity index (χ1v) is 12.0. The Hall–Kier alpha value is -4.52. The smallest absolute Gasteiger partial charge is 0.424 e. The number of imidazole rings is 1. The number of nitrogens with one attached hydrogen (secondary N) is 1. The van der Waals surface area contributed by atoms with Gasteiger partial charge in [-0.15, -0.1) is 0 Å². The third-order valence-corrected chi connectivity index (χ3v) is 6.98. The minimum atomic E-state index is -5.33. The molecule has 0 fully saturated rings. The van der Waals surface area contributed by atoms with Gasteiger partial charge in [0.1, 0.15) is 40.6 Å². The number of pyridine rings is 2. The number of nitrogens with two attached hydrogens (primary N) is 1. The minimum absolute atomic E-state index is 0.0230. The normalized spacial score (nSPS) is 18.2. The van der Waals surface area contributed by atoms with Gasteiger partial charge < -0.3 is 25.3 Å². The van der Waals surface area contributed by atoms with Crippen LogP contribution >= 0.6 is 0 Å². The van der Waals surface area contributed by atoms with E-state index in [9.17, 15) is 32.3 Å². The summed E-state index contributed by atoms with van der Waals surface area (Å²) in [6, 6.07) is 9.03. The minimum Gasteiger partial charge on any atom is -0.489 e. The molecule has 4 aromatic rings. The maximum absolute atomic E-state index is 14.5. The first kappa shape index (κ1) is 27.1. The maximum atomic E-state index is 14.5. The Balaban J connectivity index is 1.58. The Labute approximate surface area is 224 Å². The van der Waals surface area contributed by atoms with Gasteiger partial charge in [0.05, 0.1) is 12.2 Å². The van der Waals surface area contributed by atoms with Gasteiger partial charge in [-0.05, 0) is 61.9 Å². The number of ether oxygens (including phenoxy) is 1. The van der Waals surface area contributed by atoms with Crippen LogP contribution in [0.1, 0.15) is 34.2 Å². The predicted octanol–water partition coefficient (Wildman–Crippen LogP) is 3.16. The lowest BCUT2D eigenvalue weighted by molar-refractivity contribution is -0.265. The van der Waals surface area contributed by atoms with Gasteiger partial charge in [-0.2, -0.15) is 13.2 Å². The quantitative estimate of drug-likeness (QED) is 0.312. The molecular weight excluding hydrogens is 534 g/mol. The number of carbonyl (C=O) groups is 2. The lowest BCUT2D eigenvalue weighted by Gasteiger charge is -2.31. The highest BCUT2D eigenvalue weighted by Crippen LogP contribution is 2.47. The molecule has 3 aromatic heterocycles. The zero-order valence-corrected chi connectivity index (χ0v) is 21.2. The molecule has 0 spiro atoms. The lowest BCUT2D eigenvalue weighted by Crippen LogP contribution is -2.52. The number of halogens is 4. The number of hydrogen-bond acceptors (Lipinski definition) is 6. The Morgan fingerprint density at radius 2 is 1.88 bits per heavy atom. The molecule has 0 saturated carbocycles. The third kappa shape index (κ3) is 4.41. The number of nitrogens with zero attached hydrogens (tertiary/aromatic N) is 3. The van der Waals surface area contributed by atoms with Crippen molar-refractivity contribution in [3.63, 3.8) is 0 Å². The SMILES string of the molecule is Cc1ccn2cc(C(=O)NC[C@](O)(c3cc4c(c(-c5ccc(F)cc5)n3)OC[C@]4(C)C(N)=O)C(F)(F)F)nc2c1. The van der Waals surface area contributed by atoms with Crippen molar-refractivity contribution in [2.75, 3.05) is 13.2 Å². The van der Waals surface area contributed by atoms with Crippen LogP contribution in [0, 0.1) is 12.7 Å². The number of alkyl halides is 3. The molecule has 0 unspecified atom stereocenters. The second-order valence-electron chi connectivity index (χ2n) is 9.86.